The van der Waals surface area contributed by atoms with Crippen LogP contribution in [0.25, 0.3) is 0 Å². The first-order chi connectivity index (χ1) is 6.07. The Balaban J connectivity index is 3.32. The lowest BCUT2D eigenvalue weighted by Gasteiger charge is -1.99. The summed E-state index contributed by atoms with van der Waals surface area (Å²) in [4.78, 5) is 11.1. The molecule has 7 heteroatoms. The number of allylic oxidation sites excluding steroid dienone is 2. The van der Waals surface area contributed by atoms with E-state index in [1.165, 1.54) is 18.6 Å². The van der Waals surface area contributed by atoms with Crippen LogP contribution in [0.15, 0.2) is 21.4 Å². The first kappa shape index (κ1) is 10.5. The number of hydrogen-bond donors (Lipinski definition) is 0. The SMILES string of the molecule is COC(=O)C1=C(Cl)C=CS1=S(=O)=O. The highest BCUT2D eigenvalue weighted by Crippen LogP contribution is 2.24. The number of ether oxygens (including phenoxy) is 1. The molecule has 0 aromatic heterocycles. The summed E-state index contributed by atoms with van der Waals surface area (Å²) in [6.07, 6.45) is 1.38. The molecule has 0 radical (unpaired) electrons. The minimum Gasteiger partial charge on any atom is -0.465 e. The minimum atomic E-state index is -2.37. The fourth-order valence-electron chi connectivity index (χ4n) is 0.747. The normalized spacial score (nSPS) is 20.6. The van der Waals surface area contributed by atoms with Gasteiger partial charge in [0.15, 0.2) is 0 Å². The minimum absolute atomic E-state index is 0.00231. The van der Waals surface area contributed by atoms with E-state index in [0.29, 0.717) is 0 Å². The van der Waals surface area contributed by atoms with Crippen molar-refractivity contribution in [3.8, 4) is 0 Å². The second kappa shape index (κ2) is 4.08. The Morgan fingerprint density at radius 2 is 2.23 bits per heavy atom. The maximum absolute atomic E-state index is 11.1. The summed E-state index contributed by atoms with van der Waals surface area (Å²) >= 11 is 5.62. The molecular formula is C6H5ClO4S2. The summed E-state index contributed by atoms with van der Waals surface area (Å²) in [5, 5.41) is 1.48. The molecule has 0 aromatic rings. The molecule has 1 heterocycles. The number of esters is 1. The maximum atomic E-state index is 11.1. The molecule has 0 saturated carbocycles. The molecule has 1 aliphatic heterocycles. The van der Waals surface area contributed by atoms with E-state index in [0.717, 1.165) is 0 Å². The summed E-state index contributed by atoms with van der Waals surface area (Å²) < 4.78 is 25.7. The monoisotopic (exact) mass is 240 g/mol. The van der Waals surface area contributed by atoms with Gasteiger partial charge in [-0.15, -0.1) is 0 Å². The second-order valence-corrected chi connectivity index (χ2v) is 5.96. The molecule has 1 atom stereocenters. The van der Waals surface area contributed by atoms with Crippen LogP contribution in [0.5, 0.6) is 0 Å². The summed E-state index contributed by atoms with van der Waals surface area (Å²) in [5.74, 6) is -0.706. The molecule has 0 aliphatic carbocycles. The zero-order valence-corrected chi connectivity index (χ0v) is 8.87. The fraction of sp³-hybridized carbons (Fsp3) is 0.167. The number of carbonyl (C=O) groups is 1. The van der Waals surface area contributed by atoms with Crippen molar-refractivity contribution in [1.82, 2.24) is 0 Å². The van der Waals surface area contributed by atoms with Gasteiger partial charge in [0, 0.05) is 0 Å². The molecule has 1 unspecified atom stereocenters. The van der Waals surface area contributed by atoms with Crippen LogP contribution in [0.2, 0.25) is 0 Å². The van der Waals surface area contributed by atoms with E-state index in [9.17, 15) is 13.2 Å². The van der Waals surface area contributed by atoms with Crippen LogP contribution in [0, 0.1) is 0 Å². The van der Waals surface area contributed by atoms with Gasteiger partial charge in [-0.1, -0.05) is 11.6 Å². The first-order valence-corrected chi connectivity index (χ1v) is 6.32. The van der Waals surface area contributed by atoms with Crippen LogP contribution in [0.4, 0.5) is 0 Å². The van der Waals surface area contributed by atoms with E-state index in [2.05, 4.69) is 4.74 Å². The zero-order valence-electron chi connectivity index (χ0n) is 6.48. The quantitative estimate of drug-likeness (QED) is 0.628. The third kappa shape index (κ3) is 2.01. The van der Waals surface area contributed by atoms with Crippen molar-refractivity contribution in [3.63, 3.8) is 0 Å². The van der Waals surface area contributed by atoms with Crippen molar-refractivity contribution in [3.05, 3.63) is 21.4 Å². The largest absolute Gasteiger partial charge is 0.465 e. The van der Waals surface area contributed by atoms with Gasteiger partial charge in [-0.25, -0.2) is 4.79 Å². The van der Waals surface area contributed by atoms with Gasteiger partial charge in [-0.05, 0) is 20.9 Å². The van der Waals surface area contributed by atoms with Crippen molar-refractivity contribution in [2.45, 2.75) is 0 Å². The van der Waals surface area contributed by atoms with Crippen molar-refractivity contribution >= 4 is 36.3 Å². The Morgan fingerprint density at radius 1 is 1.62 bits per heavy atom. The Kier molecular flexibility index (Phi) is 3.29. The molecular weight excluding hydrogens is 236 g/mol. The van der Waals surface area contributed by atoms with Crippen LogP contribution in [0.3, 0.4) is 0 Å². The summed E-state index contributed by atoms with van der Waals surface area (Å²) in [6.45, 7) is 0. The molecule has 0 N–H and O–H groups in total. The van der Waals surface area contributed by atoms with Gasteiger partial charge in [-0.2, -0.15) is 8.42 Å². The third-order valence-corrected chi connectivity index (χ3v) is 4.88. The van der Waals surface area contributed by atoms with Crippen LogP contribution in [0.1, 0.15) is 0 Å². The predicted molar refractivity (Wildman–Crippen MR) is 50.3 cm³/mol. The molecule has 0 aromatic carbocycles. The van der Waals surface area contributed by atoms with Gasteiger partial charge in [0.25, 0.3) is 0 Å². The predicted octanol–water partition coefficient (Wildman–Crippen LogP) is 0.550. The van der Waals surface area contributed by atoms with E-state index < -0.39 is 24.7 Å². The summed E-state index contributed by atoms with van der Waals surface area (Å²) in [5.41, 5.74) is 0. The molecule has 1 aliphatic rings. The van der Waals surface area contributed by atoms with E-state index in [4.69, 9.17) is 11.6 Å². The standard InChI is InChI=1S/C6H5ClO4S2/c1-11-6(8)5-4(7)2-3-12(5)13(9)10/h2-3H,1H3. The fourth-order valence-corrected chi connectivity index (χ4v) is 3.80. The Bertz CT molecular complexity index is 435. The Hall–Kier alpha value is -0.590. The summed E-state index contributed by atoms with van der Waals surface area (Å²) in [7, 11) is -2.46. The molecule has 0 amide bonds. The van der Waals surface area contributed by atoms with Gasteiger partial charge < -0.3 is 4.74 Å². The van der Waals surface area contributed by atoms with Crippen molar-refractivity contribution < 1.29 is 17.9 Å². The highest BCUT2D eigenvalue weighted by atomic mass is 35.5. The van der Waals surface area contributed by atoms with Gasteiger partial charge in [0.2, 0.25) is 9.26 Å². The molecule has 0 fully saturated rings. The first-order valence-electron chi connectivity index (χ1n) is 3.07. The van der Waals surface area contributed by atoms with Gasteiger partial charge in [0.05, 0.1) is 12.1 Å². The Morgan fingerprint density at radius 3 is 2.69 bits per heavy atom. The molecule has 0 saturated heterocycles. The number of carbonyl (C=O) groups excluding carboxylic acids is 1. The van der Waals surface area contributed by atoms with Crippen molar-refractivity contribution in [1.29, 1.82) is 0 Å². The zero-order chi connectivity index (χ0) is 10.0. The van der Waals surface area contributed by atoms with Gasteiger partial charge in [-0.3, -0.25) is 0 Å². The lowest BCUT2D eigenvalue weighted by molar-refractivity contribution is -0.135. The lowest BCUT2D eigenvalue weighted by atomic mass is 10.5. The van der Waals surface area contributed by atoms with Crippen molar-refractivity contribution in [2.24, 2.45) is 0 Å². The average Bonchev–Trinajstić information content (AvgIpc) is 2.46. The van der Waals surface area contributed by atoms with Gasteiger partial charge >= 0.3 is 5.97 Å². The van der Waals surface area contributed by atoms with Crippen LogP contribution < -0.4 is 0 Å². The molecule has 72 valence electrons. The van der Waals surface area contributed by atoms with E-state index in [1.807, 2.05) is 0 Å². The van der Waals surface area contributed by atoms with Crippen molar-refractivity contribution in [2.75, 3.05) is 7.11 Å². The molecule has 1 rings (SSSR count). The van der Waals surface area contributed by atoms with E-state index in [1.54, 1.807) is 0 Å². The highest BCUT2D eigenvalue weighted by molar-refractivity contribution is 8.37. The lowest BCUT2D eigenvalue weighted by Crippen LogP contribution is -2.07. The number of methoxy groups -OCH3 is 1. The van der Waals surface area contributed by atoms with E-state index >= 15 is 0 Å². The molecule has 4 nitrogen and oxygen atoms in total. The smallest absolute Gasteiger partial charge is 0.346 e. The van der Waals surface area contributed by atoms with Crippen LogP contribution in [-0.2, 0) is 28.2 Å². The highest BCUT2D eigenvalue weighted by Gasteiger charge is 2.22. The van der Waals surface area contributed by atoms with Crippen LogP contribution >= 0.6 is 11.6 Å². The number of hydrogen-bond acceptors (Lipinski definition) is 4. The topological polar surface area (TPSA) is 60.4 Å². The summed E-state index contributed by atoms with van der Waals surface area (Å²) in [6, 6.07) is 0. The number of rotatable bonds is 1. The Labute approximate surface area is 83.0 Å². The van der Waals surface area contributed by atoms with E-state index in [-0.39, 0.29) is 9.94 Å². The van der Waals surface area contributed by atoms with Crippen LogP contribution in [-0.4, -0.2) is 21.5 Å². The molecule has 0 spiro atoms. The average molecular weight is 241 g/mol. The second-order valence-electron chi connectivity index (χ2n) is 1.97. The van der Waals surface area contributed by atoms with Gasteiger partial charge in [0.1, 0.15) is 4.91 Å². The molecule has 0 bridgehead atoms. The maximum Gasteiger partial charge on any atom is 0.346 e. The third-order valence-electron chi connectivity index (χ3n) is 1.27. The number of halogens is 1. The molecule has 13 heavy (non-hydrogen) atoms.